The van der Waals surface area contributed by atoms with E-state index in [1.807, 2.05) is 28.0 Å². The minimum absolute atomic E-state index is 0. The average Bonchev–Trinajstić information content (AvgIpc) is 3.43. The van der Waals surface area contributed by atoms with Gasteiger partial charge in [0.15, 0.2) is 9.84 Å². The molecule has 0 bridgehead atoms. The summed E-state index contributed by atoms with van der Waals surface area (Å²) < 4.78 is 23.5. The predicted octanol–water partition coefficient (Wildman–Crippen LogP) is 3.59. The Morgan fingerprint density at radius 1 is 0.947 bits per heavy atom. The number of carbonyl (C=O) groups excluding carboxylic acids is 2. The van der Waals surface area contributed by atoms with Crippen molar-refractivity contribution in [3.63, 3.8) is 0 Å². The maximum atomic E-state index is 13.5. The Hall–Kier alpha value is -2.42. The molecule has 3 saturated heterocycles. The van der Waals surface area contributed by atoms with Crippen molar-refractivity contribution in [3.8, 4) is 0 Å². The molecule has 3 heterocycles. The van der Waals surface area contributed by atoms with E-state index < -0.39 is 9.84 Å². The molecule has 5 rings (SSSR count). The Balaban J connectivity index is 0.00000336. The van der Waals surface area contributed by atoms with Gasteiger partial charge >= 0.3 is 0 Å². The van der Waals surface area contributed by atoms with Gasteiger partial charge in [0.2, 0.25) is 11.8 Å². The SMILES string of the molecule is CC(=O)N1C[C@H](CN2CCC3(CC2)CCN(Cc2ccc(S(C)(=O)=O)cc2)C3=O)[C@@H](c2ccccc2)C1.Cl. The van der Waals surface area contributed by atoms with Crippen molar-refractivity contribution in [2.75, 3.05) is 45.5 Å². The number of sulfone groups is 1. The maximum absolute atomic E-state index is 13.5. The number of benzene rings is 2. The number of carbonyl (C=O) groups is 2. The minimum Gasteiger partial charge on any atom is -0.342 e. The number of amides is 2. The van der Waals surface area contributed by atoms with Crippen LogP contribution in [0.5, 0.6) is 0 Å². The zero-order valence-electron chi connectivity index (χ0n) is 22.2. The van der Waals surface area contributed by atoms with E-state index in [9.17, 15) is 18.0 Å². The standard InChI is InChI=1S/C29H37N3O4S.ClH/c1-22(33)32-20-25(27(21-32)24-6-4-3-5-7-24)19-30-15-12-29(13-16-30)14-17-31(28(29)34)18-23-8-10-26(11-9-23)37(2,35)36;/h3-11,25,27H,12-21H2,1-2H3;1H/t25-,27+;/m0./s1. The van der Waals surface area contributed by atoms with Gasteiger partial charge in [-0.2, -0.15) is 0 Å². The summed E-state index contributed by atoms with van der Waals surface area (Å²) >= 11 is 0. The molecule has 0 saturated carbocycles. The second-order valence-corrected chi connectivity index (χ2v) is 13.2. The monoisotopic (exact) mass is 559 g/mol. The van der Waals surface area contributed by atoms with Crippen LogP contribution in [-0.4, -0.2) is 80.5 Å². The second-order valence-electron chi connectivity index (χ2n) is 11.2. The zero-order chi connectivity index (χ0) is 26.2. The number of hydrogen-bond donors (Lipinski definition) is 0. The van der Waals surface area contributed by atoms with E-state index in [0.717, 1.165) is 64.1 Å². The minimum atomic E-state index is -3.23. The van der Waals surface area contributed by atoms with Gasteiger partial charge in [-0.1, -0.05) is 42.5 Å². The van der Waals surface area contributed by atoms with Crippen LogP contribution in [0.15, 0.2) is 59.5 Å². The third kappa shape index (κ3) is 5.92. The van der Waals surface area contributed by atoms with Crippen LogP contribution < -0.4 is 0 Å². The number of piperidine rings is 1. The number of halogens is 1. The smallest absolute Gasteiger partial charge is 0.229 e. The summed E-state index contributed by atoms with van der Waals surface area (Å²) in [5.74, 6) is 1.12. The quantitative estimate of drug-likeness (QED) is 0.540. The fourth-order valence-electron chi connectivity index (χ4n) is 6.46. The van der Waals surface area contributed by atoms with Crippen LogP contribution in [0.4, 0.5) is 0 Å². The van der Waals surface area contributed by atoms with Gasteiger partial charge in [-0.3, -0.25) is 9.59 Å². The van der Waals surface area contributed by atoms with Crippen LogP contribution in [0, 0.1) is 11.3 Å². The Morgan fingerprint density at radius 3 is 2.18 bits per heavy atom. The molecule has 0 aromatic heterocycles. The van der Waals surface area contributed by atoms with E-state index in [2.05, 4.69) is 29.2 Å². The summed E-state index contributed by atoms with van der Waals surface area (Å²) in [4.78, 5) is 32.3. The molecule has 0 radical (unpaired) electrons. The molecule has 7 nitrogen and oxygen atoms in total. The fourth-order valence-corrected chi connectivity index (χ4v) is 7.09. The first-order chi connectivity index (χ1) is 17.6. The molecule has 9 heteroatoms. The van der Waals surface area contributed by atoms with Gasteiger partial charge in [0.05, 0.1) is 10.3 Å². The highest BCUT2D eigenvalue weighted by Gasteiger charge is 2.48. The third-order valence-electron chi connectivity index (χ3n) is 8.75. The van der Waals surface area contributed by atoms with Gasteiger partial charge in [0.25, 0.3) is 0 Å². The van der Waals surface area contributed by atoms with Crippen LogP contribution in [0.3, 0.4) is 0 Å². The van der Waals surface area contributed by atoms with Crippen molar-refractivity contribution in [1.82, 2.24) is 14.7 Å². The molecule has 2 amide bonds. The molecule has 3 fully saturated rings. The summed E-state index contributed by atoms with van der Waals surface area (Å²) in [6, 6.07) is 17.4. The molecule has 0 aliphatic carbocycles. The van der Waals surface area contributed by atoms with Crippen molar-refractivity contribution in [3.05, 3.63) is 65.7 Å². The molecule has 3 aliphatic rings. The van der Waals surface area contributed by atoms with Gasteiger partial charge in [-0.05, 0) is 61.5 Å². The second kappa shape index (κ2) is 11.4. The molecule has 206 valence electrons. The van der Waals surface area contributed by atoms with Crippen molar-refractivity contribution in [1.29, 1.82) is 0 Å². The fraction of sp³-hybridized carbons (Fsp3) is 0.517. The van der Waals surface area contributed by atoms with Crippen LogP contribution in [0.1, 0.15) is 43.2 Å². The Bertz CT molecular complexity index is 1240. The highest BCUT2D eigenvalue weighted by molar-refractivity contribution is 7.90. The molecule has 2 aromatic rings. The van der Waals surface area contributed by atoms with E-state index in [4.69, 9.17) is 0 Å². The van der Waals surface area contributed by atoms with Gasteiger partial charge in [0.1, 0.15) is 0 Å². The van der Waals surface area contributed by atoms with Crippen molar-refractivity contribution >= 4 is 34.1 Å². The van der Waals surface area contributed by atoms with Crippen LogP contribution in [0.2, 0.25) is 0 Å². The summed E-state index contributed by atoms with van der Waals surface area (Å²) in [6.45, 7) is 7.26. The van der Waals surface area contributed by atoms with Crippen LogP contribution >= 0.6 is 12.4 Å². The number of likely N-dealkylation sites (tertiary alicyclic amines) is 3. The van der Waals surface area contributed by atoms with E-state index in [-0.39, 0.29) is 29.6 Å². The first-order valence-corrected chi connectivity index (χ1v) is 15.1. The normalized spacial score (nSPS) is 23.6. The van der Waals surface area contributed by atoms with Gasteiger partial charge < -0.3 is 14.7 Å². The largest absolute Gasteiger partial charge is 0.342 e. The van der Waals surface area contributed by atoms with Crippen molar-refractivity contribution in [2.24, 2.45) is 11.3 Å². The van der Waals surface area contributed by atoms with Crippen molar-refractivity contribution in [2.45, 2.75) is 43.5 Å². The lowest BCUT2D eigenvalue weighted by Crippen LogP contribution is -2.46. The van der Waals surface area contributed by atoms with Crippen molar-refractivity contribution < 1.29 is 18.0 Å². The zero-order valence-corrected chi connectivity index (χ0v) is 23.8. The molecule has 2 atom stereocenters. The lowest BCUT2D eigenvalue weighted by Gasteiger charge is -2.39. The maximum Gasteiger partial charge on any atom is 0.229 e. The number of hydrogen-bond acceptors (Lipinski definition) is 5. The lowest BCUT2D eigenvalue weighted by molar-refractivity contribution is -0.139. The highest BCUT2D eigenvalue weighted by atomic mass is 35.5. The van der Waals surface area contributed by atoms with Gasteiger partial charge in [0, 0.05) is 51.8 Å². The summed E-state index contributed by atoms with van der Waals surface area (Å²) in [6.07, 6.45) is 3.83. The summed E-state index contributed by atoms with van der Waals surface area (Å²) in [7, 11) is -3.23. The third-order valence-corrected chi connectivity index (χ3v) is 9.87. The van der Waals surface area contributed by atoms with E-state index in [1.54, 1.807) is 19.1 Å². The number of rotatable bonds is 6. The van der Waals surface area contributed by atoms with E-state index in [1.165, 1.54) is 11.8 Å². The molecule has 2 aromatic carbocycles. The first kappa shape index (κ1) is 28.6. The molecule has 0 unspecified atom stereocenters. The number of nitrogens with zero attached hydrogens (tertiary/aromatic N) is 3. The Labute approximate surface area is 232 Å². The molecule has 1 spiro atoms. The summed E-state index contributed by atoms with van der Waals surface area (Å²) in [5.41, 5.74) is 1.98. The molecular weight excluding hydrogens is 522 g/mol. The molecule has 3 aliphatic heterocycles. The van der Waals surface area contributed by atoms with E-state index >= 15 is 0 Å². The summed E-state index contributed by atoms with van der Waals surface area (Å²) in [5, 5.41) is 0. The van der Waals surface area contributed by atoms with Crippen LogP contribution in [-0.2, 0) is 26.0 Å². The Kier molecular flexibility index (Phi) is 8.55. The Morgan fingerprint density at radius 2 is 1.58 bits per heavy atom. The predicted molar refractivity (Wildman–Crippen MR) is 150 cm³/mol. The lowest BCUT2D eigenvalue weighted by atomic mass is 9.76. The van der Waals surface area contributed by atoms with E-state index in [0.29, 0.717) is 23.3 Å². The van der Waals surface area contributed by atoms with Gasteiger partial charge in [-0.15, -0.1) is 12.4 Å². The molecule has 0 N–H and O–H groups in total. The first-order valence-electron chi connectivity index (χ1n) is 13.3. The van der Waals surface area contributed by atoms with Gasteiger partial charge in [-0.25, -0.2) is 8.42 Å². The molecule has 38 heavy (non-hydrogen) atoms. The topological polar surface area (TPSA) is 78.0 Å². The highest BCUT2D eigenvalue weighted by Crippen LogP contribution is 2.43. The van der Waals surface area contributed by atoms with Crippen LogP contribution in [0.25, 0.3) is 0 Å². The average molecular weight is 560 g/mol. The molecular formula is C29H38ClN3O4S.